The van der Waals surface area contributed by atoms with Crippen molar-refractivity contribution in [2.45, 2.75) is 19.9 Å². The van der Waals surface area contributed by atoms with Crippen molar-refractivity contribution in [2.24, 2.45) is 5.92 Å². The van der Waals surface area contributed by atoms with Gasteiger partial charge in [-0.15, -0.1) is 0 Å². The average Bonchev–Trinajstić information content (AvgIpc) is 2.76. The van der Waals surface area contributed by atoms with Gasteiger partial charge in [0.1, 0.15) is 17.5 Å². The van der Waals surface area contributed by atoms with Gasteiger partial charge >= 0.3 is 5.97 Å². The number of nitrogens with one attached hydrogen (secondary N) is 2. The first-order chi connectivity index (χ1) is 14.3. The fraction of sp³-hybridized carbons (Fsp3) is 0.318. The normalized spacial score (nSPS) is 11.4. The molecule has 0 spiro atoms. The summed E-state index contributed by atoms with van der Waals surface area (Å²) < 4.78 is 15.5. The van der Waals surface area contributed by atoms with Crippen molar-refractivity contribution in [3.63, 3.8) is 0 Å². The molecule has 0 fully saturated rings. The second-order valence-corrected chi connectivity index (χ2v) is 6.78. The fourth-order valence-electron chi connectivity index (χ4n) is 2.63. The van der Waals surface area contributed by atoms with Crippen LogP contribution in [-0.4, -0.2) is 44.7 Å². The molecule has 2 aromatic rings. The highest BCUT2D eigenvalue weighted by Crippen LogP contribution is 2.28. The Kier molecular flexibility index (Phi) is 8.22. The van der Waals surface area contributed by atoms with Crippen LogP contribution < -0.4 is 20.1 Å². The quantitative estimate of drug-likeness (QED) is 0.612. The second kappa shape index (κ2) is 10.8. The van der Waals surface area contributed by atoms with Gasteiger partial charge in [-0.3, -0.25) is 9.59 Å². The smallest absolute Gasteiger partial charge is 0.329 e. The van der Waals surface area contributed by atoms with Gasteiger partial charge in [-0.25, -0.2) is 4.79 Å². The summed E-state index contributed by atoms with van der Waals surface area (Å²) in [5, 5.41) is 5.28. The lowest BCUT2D eigenvalue weighted by Gasteiger charge is -2.21. The second-order valence-electron chi connectivity index (χ2n) is 6.78. The van der Waals surface area contributed by atoms with Crippen molar-refractivity contribution < 1.29 is 28.6 Å². The standard InChI is InChI=1S/C22H26N2O6/c1-14(2)20(24-21(26)15-8-6-5-7-9-15)22(27)30-13-19(25)23-17-11-10-16(28-3)12-18(17)29-4/h5-12,14,20H,13H2,1-4H3,(H,23,25)(H,24,26)/t20-/m1/s1. The number of benzene rings is 2. The van der Waals surface area contributed by atoms with Gasteiger partial charge in [0.25, 0.3) is 11.8 Å². The average molecular weight is 414 g/mol. The van der Waals surface area contributed by atoms with E-state index < -0.39 is 30.4 Å². The minimum Gasteiger partial charge on any atom is -0.497 e. The third-order valence-corrected chi connectivity index (χ3v) is 4.27. The van der Waals surface area contributed by atoms with Crippen LogP contribution in [0.5, 0.6) is 11.5 Å². The summed E-state index contributed by atoms with van der Waals surface area (Å²) in [6, 6.07) is 12.6. The Morgan fingerprint density at radius 2 is 1.67 bits per heavy atom. The van der Waals surface area contributed by atoms with Crippen LogP contribution in [0.25, 0.3) is 0 Å². The molecule has 0 heterocycles. The van der Waals surface area contributed by atoms with Crippen molar-refractivity contribution in [1.29, 1.82) is 0 Å². The number of carbonyl (C=O) groups is 3. The van der Waals surface area contributed by atoms with Crippen LogP contribution >= 0.6 is 0 Å². The number of amides is 2. The summed E-state index contributed by atoms with van der Waals surface area (Å²) >= 11 is 0. The van der Waals surface area contributed by atoms with E-state index in [1.165, 1.54) is 14.2 Å². The van der Waals surface area contributed by atoms with Gasteiger partial charge in [-0.2, -0.15) is 0 Å². The van der Waals surface area contributed by atoms with Crippen LogP contribution in [0.1, 0.15) is 24.2 Å². The highest BCUT2D eigenvalue weighted by atomic mass is 16.5. The highest BCUT2D eigenvalue weighted by Gasteiger charge is 2.26. The molecule has 0 saturated carbocycles. The van der Waals surface area contributed by atoms with Crippen LogP contribution in [0.2, 0.25) is 0 Å². The third-order valence-electron chi connectivity index (χ3n) is 4.27. The van der Waals surface area contributed by atoms with E-state index >= 15 is 0 Å². The van der Waals surface area contributed by atoms with Crippen LogP contribution in [-0.2, 0) is 14.3 Å². The molecule has 1 atom stereocenters. The number of hydrogen-bond acceptors (Lipinski definition) is 6. The zero-order chi connectivity index (χ0) is 22.1. The number of esters is 1. The lowest BCUT2D eigenvalue weighted by molar-refractivity contribution is -0.150. The van der Waals surface area contributed by atoms with Gasteiger partial charge < -0.3 is 24.8 Å². The molecule has 2 rings (SSSR count). The molecule has 2 aromatic carbocycles. The fourth-order valence-corrected chi connectivity index (χ4v) is 2.63. The van der Waals surface area contributed by atoms with Crippen molar-refractivity contribution >= 4 is 23.5 Å². The van der Waals surface area contributed by atoms with Gasteiger partial charge in [0.15, 0.2) is 6.61 Å². The van der Waals surface area contributed by atoms with Gasteiger partial charge in [0.2, 0.25) is 0 Å². The molecule has 0 bridgehead atoms. The molecule has 0 saturated heterocycles. The van der Waals surface area contributed by atoms with Gasteiger partial charge in [0, 0.05) is 11.6 Å². The largest absolute Gasteiger partial charge is 0.497 e. The molecule has 30 heavy (non-hydrogen) atoms. The summed E-state index contributed by atoms with van der Waals surface area (Å²) in [7, 11) is 2.99. The third kappa shape index (κ3) is 6.23. The number of anilines is 1. The maximum Gasteiger partial charge on any atom is 0.329 e. The maximum absolute atomic E-state index is 12.5. The minimum atomic E-state index is -0.888. The molecule has 8 nitrogen and oxygen atoms in total. The first-order valence-corrected chi connectivity index (χ1v) is 9.40. The van der Waals surface area contributed by atoms with Crippen molar-refractivity contribution in [1.82, 2.24) is 5.32 Å². The Balaban J connectivity index is 1.95. The van der Waals surface area contributed by atoms with E-state index in [0.29, 0.717) is 22.7 Å². The highest BCUT2D eigenvalue weighted by molar-refractivity contribution is 5.98. The van der Waals surface area contributed by atoms with E-state index in [9.17, 15) is 14.4 Å². The molecular weight excluding hydrogens is 388 g/mol. The number of methoxy groups -OCH3 is 2. The molecule has 0 aliphatic carbocycles. The Hall–Kier alpha value is -3.55. The van der Waals surface area contributed by atoms with E-state index in [1.807, 2.05) is 0 Å². The summed E-state index contributed by atoms with van der Waals surface area (Å²) in [5.74, 6) is -0.863. The molecule has 0 aliphatic rings. The van der Waals surface area contributed by atoms with Crippen LogP contribution in [0.15, 0.2) is 48.5 Å². The van der Waals surface area contributed by atoms with E-state index in [1.54, 1.807) is 62.4 Å². The SMILES string of the molecule is COc1ccc(NC(=O)COC(=O)[C@H](NC(=O)c2ccccc2)C(C)C)c(OC)c1. The first kappa shape index (κ1) is 22.7. The van der Waals surface area contributed by atoms with Crippen molar-refractivity contribution in [3.05, 3.63) is 54.1 Å². The van der Waals surface area contributed by atoms with Crippen molar-refractivity contribution in [3.8, 4) is 11.5 Å². The van der Waals surface area contributed by atoms with Crippen molar-refractivity contribution in [2.75, 3.05) is 26.1 Å². The Morgan fingerprint density at radius 3 is 2.27 bits per heavy atom. The molecule has 0 unspecified atom stereocenters. The van der Waals surface area contributed by atoms with E-state index in [2.05, 4.69) is 10.6 Å². The lowest BCUT2D eigenvalue weighted by atomic mass is 10.0. The van der Waals surface area contributed by atoms with E-state index in [0.717, 1.165) is 0 Å². The number of ether oxygens (including phenoxy) is 3. The Labute approximate surface area is 175 Å². The zero-order valence-electron chi connectivity index (χ0n) is 17.4. The topological polar surface area (TPSA) is 103 Å². The Bertz CT molecular complexity index is 882. The number of carbonyl (C=O) groups excluding carboxylic acids is 3. The predicted molar refractivity (Wildman–Crippen MR) is 112 cm³/mol. The predicted octanol–water partition coefficient (Wildman–Crippen LogP) is 2.64. The molecule has 0 aliphatic heterocycles. The first-order valence-electron chi connectivity index (χ1n) is 9.40. The molecule has 0 radical (unpaired) electrons. The Morgan fingerprint density at radius 1 is 0.967 bits per heavy atom. The lowest BCUT2D eigenvalue weighted by Crippen LogP contribution is -2.45. The number of hydrogen-bond donors (Lipinski definition) is 2. The van der Waals surface area contributed by atoms with Crippen LogP contribution in [0.4, 0.5) is 5.69 Å². The van der Waals surface area contributed by atoms with Crippen LogP contribution in [0.3, 0.4) is 0 Å². The van der Waals surface area contributed by atoms with E-state index in [-0.39, 0.29) is 5.92 Å². The van der Waals surface area contributed by atoms with Gasteiger partial charge in [0.05, 0.1) is 19.9 Å². The monoisotopic (exact) mass is 414 g/mol. The summed E-state index contributed by atoms with van der Waals surface area (Å²) in [4.78, 5) is 37.0. The number of rotatable bonds is 9. The summed E-state index contributed by atoms with van der Waals surface area (Å²) in [6.45, 7) is 3.05. The molecular formula is C22H26N2O6. The molecule has 160 valence electrons. The molecule has 2 N–H and O–H groups in total. The summed E-state index contributed by atoms with van der Waals surface area (Å²) in [6.07, 6.45) is 0. The maximum atomic E-state index is 12.5. The molecule has 0 aromatic heterocycles. The van der Waals surface area contributed by atoms with E-state index in [4.69, 9.17) is 14.2 Å². The minimum absolute atomic E-state index is 0.227. The summed E-state index contributed by atoms with van der Waals surface area (Å²) in [5.41, 5.74) is 0.845. The van der Waals surface area contributed by atoms with Gasteiger partial charge in [-0.1, -0.05) is 32.0 Å². The molecule has 2 amide bonds. The van der Waals surface area contributed by atoms with Crippen LogP contribution in [0, 0.1) is 5.92 Å². The molecule has 8 heteroatoms. The van der Waals surface area contributed by atoms with Gasteiger partial charge in [-0.05, 0) is 30.2 Å². The zero-order valence-corrected chi connectivity index (χ0v) is 17.4.